The van der Waals surface area contributed by atoms with Gasteiger partial charge < -0.3 is 15.2 Å². The normalized spacial score (nSPS) is 17.4. The molecule has 1 aliphatic rings. The van der Waals surface area contributed by atoms with Crippen LogP contribution < -0.4 is 10.1 Å². The van der Waals surface area contributed by atoms with Gasteiger partial charge in [-0.3, -0.25) is 9.30 Å². The molecule has 5 rings (SSSR count). The Labute approximate surface area is 214 Å². The van der Waals surface area contributed by atoms with Crippen LogP contribution in [0.3, 0.4) is 0 Å². The highest BCUT2D eigenvalue weighted by Crippen LogP contribution is 2.40. The van der Waals surface area contributed by atoms with Gasteiger partial charge in [0.1, 0.15) is 28.8 Å². The summed E-state index contributed by atoms with van der Waals surface area (Å²) >= 11 is 0. The number of amides is 1. The number of hydrogen-bond acceptors (Lipinski definition) is 6. The van der Waals surface area contributed by atoms with Crippen LogP contribution in [0.15, 0.2) is 42.6 Å². The van der Waals surface area contributed by atoms with Crippen molar-refractivity contribution in [3.63, 3.8) is 0 Å². The number of carbonyl (C=O) groups is 1. The molecular weight excluding hydrogens is 508 g/mol. The Hall–Kier alpha value is -4.00. The quantitative estimate of drug-likeness (QED) is 0.343. The maximum absolute atomic E-state index is 14.3. The SMILES string of the molecule is CC(C)Oc1cc(F)cc2ccc(-c3nnc4ccc([C@@H](N5CCC(NC(=O)O)C5)C(F)(F)F)cn34)nc12. The molecule has 0 saturated carbocycles. The van der Waals surface area contributed by atoms with Gasteiger partial charge in [-0.15, -0.1) is 10.2 Å². The van der Waals surface area contributed by atoms with Gasteiger partial charge in [-0.2, -0.15) is 13.2 Å². The number of pyridine rings is 2. The summed E-state index contributed by atoms with van der Waals surface area (Å²) in [6.45, 7) is 3.59. The van der Waals surface area contributed by atoms with Crippen LogP contribution in [0.4, 0.5) is 22.4 Å². The van der Waals surface area contributed by atoms with Gasteiger partial charge >= 0.3 is 12.3 Å². The van der Waals surface area contributed by atoms with Crippen LogP contribution in [0.1, 0.15) is 31.9 Å². The Bertz CT molecular complexity index is 1510. The first kappa shape index (κ1) is 25.6. The lowest BCUT2D eigenvalue weighted by atomic mass is 10.1. The zero-order chi connectivity index (χ0) is 27.2. The largest absolute Gasteiger partial charge is 0.489 e. The van der Waals surface area contributed by atoms with Crippen LogP contribution in [0, 0.1) is 5.82 Å². The fraction of sp³-hybridized carbons (Fsp3) is 0.360. The minimum Gasteiger partial charge on any atom is -0.489 e. The number of ether oxygens (including phenoxy) is 1. The zero-order valence-electron chi connectivity index (χ0n) is 20.4. The molecule has 0 bridgehead atoms. The minimum atomic E-state index is -4.62. The number of nitrogens with zero attached hydrogens (tertiary/aromatic N) is 5. The van der Waals surface area contributed by atoms with Crippen LogP contribution in [-0.2, 0) is 0 Å². The number of aromatic nitrogens is 4. The molecule has 38 heavy (non-hydrogen) atoms. The molecule has 2 N–H and O–H groups in total. The second kappa shape index (κ2) is 9.71. The molecule has 200 valence electrons. The number of benzene rings is 1. The van der Waals surface area contributed by atoms with Crippen molar-refractivity contribution < 1.29 is 32.2 Å². The third-order valence-electron chi connectivity index (χ3n) is 6.28. The molecule has 1 fully saturated rings. The molecule has 9 nitrogen and oxygen atoms in total. The van der Waals surface area contributed by atoms with Gasteiger partial charge in [-0.1, -0.05) is 12.1 Å². The van der Waals surface area contributed by atoms with E-state index in [0.717, 1.165) is 0 Å². The highest BCUT2D eigenvalue weighted by atomic mass is 19.4. The van der Waals surface area contributed by atoms with Gasteiger partial charge in [-0.05, 0) is 44.0 Å². The molecule has 13 heteroatoms. The van der Waals surface area contributed by atoms with Crippen molar-refractivity contribution in [3.05, 3.63) is 54.0 Å². The van der Waals surface area contributed by atoms with Gasteiger partial charge in [-0.25, -0.2) is 14.2 Å². The number of likely N-dealkylation sites (tertiary alicyclic amines) is 1. The Morgan fingerprint density at radius 3 is 2.68 bits per heavy atom. The van der Waals surface area contributed by atoms with E-state index < -0.39 is 30.2 Å². The minimum absolute atomic E-state index is 0.0475. The lowest BCUT2D eigenvalue weighted by Crippen LogP contribution is -2.40. The van der Waals surface area contributed by atoms with E-state index >= 15 is 0 Å². The summed E-state index contributed by atoms with van der Waals surface area (Å²) in [5, 5.41) is 19.9. The number of hydrogen-bond donors (Lipinski definition) is 2. The Morgan fingerprint density at radius 2 is 1.97 bits per heavy atom. The van der Waals surface area contributed by atoms with Crippen molar-refractivity contribution in [3.8, 4) is 17.3 Å². The summed E-state index contributed by atoms with van der Waals surface area (Å²) in [7, 11) is 0. The Balaban J connectivity index is 1.56. The first-order chi connectivity index (χ1) is 18.0. The molecule has 4 heterocycles. The monoisotopic (exact) mass is 532 g/mol. The van der Waals surface area contributed by atoms with Gasteiger partial charge in [0.15, 0.2) is 11.5 Å². The van der Waals surface area contributed by atoms with Gasteiger partial charge in [0.2, 0.25) is 0 Å². The number of carboxylic acid groups (broad SMARTS) is 1. The van der Waals surface area contributed by atoms with E-state index in [1.54, 1.807) is 26.0 Å². The molecule has 0 spiro atoms. The third kappa shape index (κ3) is 5.05. The van der Waals surface area contributed by atoms with Gasteiger partial charge in [0, 0.05) is 36.8 Å². The standard InChI is InChI=1S/C25H24F4N6O3/c1-13(2)38-19-10-16(26)9-14-3-5-18(31-21(14)19)23-33-32-20-6-4-15(11-35(20)23)22(25(27,28)29)34-8-7-17(12-34)30-24(36)37/h3-6,9-11,13,17,22,30H,7-8,12H2,1-2H3,(H,36,37)/t17?,22-/m1/s1. The van der Waals surface area contributed by atoms with E-state index in [9.17, 15) is 22.4 Å². The summed E-state index contributed by atoms with van der Waals surface area (Å²) < 4.78 is 64.1. The molecule has 3 aromatic heterocycles. The zero-order valence-corrected chi connectivity index (χ0v) is 20.4. The van der Waals surface area contributed by atoms with Crippen molar-refractivity contribution in [2.24, 2.45) is 0 Å². The maximum Gasteiger partial charge on any atom is 0.408 e. The predicted octanol–water partition coefficient (Wildman–Crippen LogP) is 4.82. The topological polar surface area (TPSA) is 105 Å². The summed E-state index contributed by atoms with van der Waals surface area (Å²) in [5.74, 6) is -0.0421. The number of rotatable bonds is 6. The van der Waals surface area contributed by atoms with Crippen molar-refractivity contribution in [1.82, 2.24) is 29.8 Å². The second-order valence-corrected chi connectivity index (χ2v) is 9.43. The molecule has 1 amide bonds. The average Bonchev–Trinajstić information content (AvgIpc) is 3.44. The molecule has 0 radical (unpaired) electrons. The molecule has 0 aliphatic carbocycles. The molecule has 1 saturated heterocycles. The first-order valence-corrected chi connectivity index (χ1v) is 11.9. The Morgan fingerprint density at radius 1 is 1.18 bits per heavy atom. The van der Waals surface area contributed by atoms with Crippen LogP contribution in [0.2, 0.25) is 0 Å². The van der Waals surface area contributed by atoms with Crippen LogP contribution in [0.25, 0.3) is 28.1 Å². The first-order valence-electron chi connectivity index (χ1n) is 11.9. The summed E-state index contributed by atoms with van der Waals surface area (Å²) in [6, 6.07) is 6.00. The van der Waals surface area contributed by atoms with Crippen LogP contribution >= 0.6 is 0 Å². The highest BCUT2D eigenvalue weighted by molar-refractivity contribution is 5.86. The molecule has 4 aromatic rings. The third-order valence-corrected chi connectivity index (χ3v) is 6.28. The highest BCUT2D eigenvalue weighted by Gasteiger charge is 2.47. The van der Waals surface area contributed by atoms with E-state index in [-0.39, 0.29) is 42.8 Å². The van der Waals surface area contributed by atoms with E-state index in [2.05, 4.69) is 20.5 Å². The Kier molecular flexibility index (Phi) is 6.55. The summed E-state index contributed by atoms with van der Waals surface area (Å²) in [6.07, 6.45) is -4.54. The van der Waals surface area contributed by atoms with E-state index in [4.69, 9.17) is 9.84 Å². The van der Waals surface area contributed by atoms with Crippen molar-refractivity contribution in [1.29, 1.82) is 0 Å². The van der Waals surface area contributed by atoms with Crippen molar-refractivity contribution >= 4 is 22.6 Å². The number of fused-ring (bicyclic) bond motifs is 2. The molecule has 1 aliphatic heterocycles. The number of nitrogens with one attached hydrogen (secondary N) is 1. The molecule has 1 unspecified atom stereocenters. The maximum atomic E-state index is 14.3. The van der Waals surface area contributed by atoms with Crippen LogP contribution in [0.5, 0.6) is 5.75 Å². The van der Waals surface area contributed by atoms with Gasteiger partial charge in [0.25, 0.3) is 0 Å². The molecule has 1 aromatic carbocycles. The predicted molar refractivity (Wildman–Crippen MR) is 129 cm³/mol. The molecular formula is C25H24F4N6O3. The number of halogens is 4. The summed E-state index contributed by atoms with van der Waals surface area (Å²) in [5.41, 5.74) is 0.968. The van der Waals surface area contributed by atoms with Crippen molar-refractivity contribution in [2.75, 3.05) is 13.1 Å². The fourth-order valence-electron chi connectivity index (χ4n) is 4.80. The number of alkyl halides is 3. The van der Waals surface area contributed by atoms with Gasteiger partial charge in [0.05, 0.1) is 6.10 Å². The van der Waals surface area contributed by atoms with Crippen molar-refractivity contribution in [2.45, 2.75) is 44.6 Å². The lowest BCUT2D eigenvalue weighted by molar-refractivity contribution is -0.184. The summed E-state index contributed by atoms with van der Waals surface area (Å²) in [4.78, 5) is 16.8. The van der Waals surface area contributed by atoms with E-state index in [1.165, 1.54) is 39.8 Å². The molecule has 2 atom stereocenters. The fourth-order valence-corrected chi connectivity index (χ4v) is 4.80. The lowest BCUT2D eigenvalue weighted by Gasteiger charge is -2.30. The van der Waals surface area contributed by atoms with E-state index in [1.807, 2.05) is 0 Å². The van der Waals surface area contributed by atoms with Crippen LogP contribution in [-0.4, -0.2) is 67.1 Å². The van der Waals surface area contributed by atoms with E-state index in [0.29, 0.717) is 22.2 Å². The second-order valence-electron chi connectivity index (χ2n) is 9.43. The average molecular weight is 532 g/mol. The smallest absolute Gasteiger partial charge is 0.408 e.